The summed E-state index contributed by atoms with van der Waals surface area (Å²) >= 11 is 1.48. The van der Waals surface area contributed by atoms with Crippen LogP contribution < -0.4 is 5.32 Å². The molecule has 100 valence electrons. The van der Waals surface area contributed by atoms with E-state index in [0.29, 0.717) is 11.6 Å². The Hall–Kier alpha value is -1.88. The van der Waals surface area contributed by atoms with Gasteiger partial charge in [0.1, 0.15) is 0 Å². The van der Waals surface area contributed by atoms with Gasteiger partial charge < -0.3 is 10.4 Å². The molecule has 0 spiro atoms. The van der Waals surface area contributed by atoms with Crippen molar-refractivity contribution < 1.29 is 9.90 Å². The lowest BCUT2D eigenvalue weighted by Gasteiger charge is -2.08. The van der Waals surface area contributed by atoms with Crippen LogP contribution in [0.2, 0.25) is 0 Å². The maximum atomic E-state index is 11.2. The molecule has 2 N–H and O–H groups in total. The fourth-order valence-electron chi connectivity index (χ4n) is 1.67. The highest BCUT2D eigenvalue weighted by atomic mass is 32.1. The van der Waals surface area contributed by atoms with Crippen LogP contribution in [0.4, 0.5) is 10.8 Å². The van der Waals surface area contributed by atoms with E-state index in [9.17, 15) is 9.90 Å². The number of nitrogens with one attached hydrogen (secondary N) is 1. The van der Waals surface area contributed by atoms with Crippen molar-refractivity contribution in [1.82, 2.24) is 4.98 Å². The van der Waals surface area contributed by atoms with Gasteiger partial charge in [0.05, 0.1) is 16.9 Å². The zero-order chi connectivity index (χ0) is 14.0. The van der Waals surface area contributed by atoms with E-state index in [1.165, 1.54) is 11.3 Å². The van der Waals surface area contributed by atoms with E-state index in [0.717, 1.165) is 16.4 Å². The zero-order valence-electron chi connectivity index (χ0n) is 11.1. The predicted octanol–water partition coefficient (Wildman–Crippen LogP) is 4.02. The van der Waals surface area contributed by atoms with Gasteiger partial charge in [-0.1, -0.05) is 19.9 Å². The Labute approximate surface area is 116 Å². The summed E-state index contributed by atoms with van der Waals surface area (Å²) in [6, 6.07) is 5.22. The molecule has 19 heavy (non-hydrogen) atoms. The Morgan fingerprint density at radius 3 is 2.74 bits per heavy atom. The molecule has 0 saturated carbocycles. The van der Waals surface area contributed by atoms with Gasteiger partial charge in [0.2, 0.25) is 0 Å². The minimum atomic E-state index is -0.942. The van der Waals surface area contributed by atoms with E-state index in [-0.39, 0.29) is 5.56 Å². The second-order valence-electron chi connectivity index (χ2n) is 4.71. The Morgan fingerprint density at radius 2 is 2.16 bits per heavy atom. The smallest absolute Gasteiger partial charge is 0.337 e. The van der Waals surface area contributed by atoms with E-state index in [1.54, 1.807) is 12.1 Å². The number of rotatable bonds is 4. The molecule has 0 bridgehead atoms. The highest BCUT2D eigenvalue weighted by molar-refractivity contribution is 7.13. The maximum absolute atomic E-state index is 11.2. The summed E-state index contributed by atoms with van der Waals surface area (Å²) in [6.45, 7) is 6.08. The molecule has 5 heteroatoms. The van der Waals surface area contributed by atoms with Crippen LogP contribution in [0, 0.1) is 6.92 Å². The third-order valence-electron chi connectivity index (χ3n) is 2.76. The standard InChI is InChI=1S/C14H16N2O2S/c1-8(2)12-7-19-14(16-12)15-11-6-9(3)4-5-10(11)13(17)18/h4-8H,1-3H3,(H,15,16)(H,17,18). The van der Waals surface area contributed by atoms with Crippen molar-refractivity contribution in [3.63, 3.8) is 0 Å². The molecule has 0 amide bonds. The number of nitrogens with zero attached hydrogens (tertiary/aromatic N) is 1. The van der Waals surface area contributed by atoms with Crippen LogP contribution >= 0.6 is 11.3 Å². The molecule has 1 aromatic carbocycles. The third-order valence-corrected chi connectivity index (χ3v) is 3.54. The second-order valence-corrected chi connectivity index (χ2v) is 5.57. The van der Waals surface area contributed by atoms with Crippen molar-refractivity contribution in [2.45, 2.75) is 26.7 Å². The third kappa shape index (κ3) is 3.12. The number of hydrogen-bond donors (Lipinski definition) is 2. The lowest BCUT2D eigenvalue weighted by atomic mass is 10.1. The average molecular weight is 276 g/mol. The zero-order valence-corrected chi connectivity index (χ0v) is 11.9. The van der Waals surface area contributed by atoms with Crippen LogP contribution in [0.1, 0.15) is 41.4 Å². The van der Waals surface area contributed by atoms with Gasteiger partial charge in [-0.3, -0.25) is 0 Å². The normalized spacial score (nSPS) is 10.7. The monoisotopic (exact) mass is 276 g/mol. The van der Waals surface area contributed by atoms with Gasteiger partial charge >= 0.3 is 5.97 Å². The first-order valence-corrected chi connectivity index (χ1v) is 6.91. The van der Waals surface area contributed by atoms with Crippen LogP contribution in [0.3, 0.4) is 0 Å². The molecule has 1 aromatic heterocycles. The Kier molecular flexibility index (Phi) is 3.85. The Balaban J connectivity index is 2.31. The summed E-state index contributed by atoms with van der Waals surface area (Å²) in [5, 5.41) is 15.0. The van der Waals surface area contributed by atoms with Crippen LogP contribution in [0.15, 0.2) is 23.6 Å². The fourth-order valence-corrected chi connectivity index (χ4v) is 2.56. The molecule has 2 aromatic rings. The van der Waals surface area contributed by atoms with Gasteiger partial charge in [0.25, 0.3) is 0 Å². The highest BCUT2D eigenvalue weighted by Gasteiger charge is 2.12. The van der Waals surface area contributed by atoms with E-state index in [4.69, 9.17) is 0 Å². The van der Waals surface area contributed by atoms with Crippen molar-refractivity contribution in [1.29, 1.82) is 0 Å². The predicted molar refractivity (Wildman–Crippen MR) is 77.6 cm³/mol. The number of hydrogen-bond acceptors (Lipinski definition) is 4. The van der Waals surface area contributed by atoms with Gasteiger partial charge in [0.15, 0.2) is 5.13 Å². The largest absolute Gasteiger partial charge is 0.478 e. The number of carboxylic acids is 1. The molecule has 0 atom stereocenters. The van der Waals surface area contributed by atoms with Gasteiger partial charge in [-0.25, -0.2) is 9.78 Å². The summed E-state index contributed by atoms with van der Waals surface area (Å²) in [7, 11) is 0. The first kappa shape index (κ1) is 13.5. The van der Waals surface area contributed by atoms with Crippen LogP contribution in [-0.2, 0) is 0 Å². The van der Waals surface area contributed by atoms with Crippen molar-refractivity contribution >= 4 is 28.1 Å². The summed E-state index contributed by atoms with van der Waals surface area (Å²) in [5.74, 6) is -0.577. The summed E-state index contributed by atoms with van der Waals surface area (Å²) in [5.41, 5.74) is 2.86. The molecule has 1 heterocycles. The summed E-state index contributed by atoms with van der Waals surface area (Å²) < 4.78 is 0. The maximum Gasteiger partial charge on any atom is 0.337 e. The Bertz CT molecular complexity index is 605. The van der Waals surface area contributed by atoms with Crippen molar-refractivity contribution in [2.75, 3.05) is 5.32 Å². The number of aryl methyl sites for hydroxylation is 1. The molecule has 0 aliphatic heterocycles. The second kappa shape index (κ2) is 5.40. The number of carboxylic acid groups (broad SMARTS) is 1. The van der Waals surface area contributed by atoms with Crippen molar-refractivity contribution in [2.24, 2.45) is 0 Å². The SMILES string of the molecule is Cc1ccc(C(=O)O)c(Nc2nc(C(C)C)cs2)c1. The number of anilines is 2. The molecule has 2 rings (SSSR count). The highest BCUT2D eigenvalue weighted by Crippen LogP contribution is 2.27. The molecule has 0 aliphatic carbocycles. The van der Waals surface area contributed by atoms with E-state index >= 15 is 0 Å². The average Bonchev–Trinajstić information content (AvgIpc) is 2.77. The quantitative estimate of drug-likeness (QED) is 0.885. The van der Waals surface area contributed by atoms with E-state index in [2.05, 4.69) is 24.1 Å². The van der Waals surface area contributed by atoms with Gasteiger partial charge in [0, 0.05) is 5.38 Å². The number of benzene rings is 1. The van der Waals surface area contributed by atoms with E-state index in [1.807, 2.05) is 18.4 Å². The number of aromatic carboxylic acids is 1. The molecular formula is C14H16N2O2S. The number of thiazole rings is 1. The van der Waals surface area contributed by atoms with Gasteiger partial charge in [-0.05, 0) is 30.5 Å². The van der Waals surface area contributed by atoms with E-state index < -0.39 is 5.97 Å². The van der Waals surface area contributed by atoms with Crippen LogP contribution in [0.5, 0.6) is 0 Å². The lowest BCUT2D eigenvalue weighted by molar-refractivity contribution is 0.0698. The first-order valence-electron chi connectivity index (χ1n) is 6.03. The molecule has 0 radical (unpaired) electrons. The van der Waals surface area contributed by atoms with Crippen molar-refractivity contribution in [3.05, 3.63) is 40.4 Å². The molecule has 0 aliphatic rings. The fraction of sp³-hybridized carbons (Fsp3) is 0.286. The molecule has 0 unspecified atom stereocenters. The molecule has 4 nitrogen and oxygen atoms in total. The topological polar surface area (TPSA) is 62.2 Å². The lowest BCUT2D eigenvalue weighted by Crippen LogP contribution is -2.03. The molecule has 0 fully saturated rings. The van der Waals surface area contributed by atoms with Crippen LogP contribution in [-0.4, -0.2) is 16.1 Å². The minimum Gasteiger partial charge on any atom is -0.478 e. The summed E-state index contributed by atoms with van der Waals surface area (Å²) in [6.07, 6.45) is 0. The molecular weight excluding hydrogens is 260 g/mol. The first-order chi connectivity index (χ1) is 8.97. The number of carbonyl (C=O) groups is 1. The summed E-state index contributed by atoms with van der Waals surface area (Å²) in [4.78, 5) is 15.6. The van der Waals surface area contributed by atoms with Gasteiger partial charge in [-0.15, -0.1) is 11.3 Å². The number of aromatic nitrogens is 1. The van der Waals surface area contributed by atoms with Crippen LogP contribution in [0.25, 0.3) is 0 Å². The minimum absolute atomic E-state index is 0.256. The van der Waals surface area contributed by atoms with Gasteiger partial charge in [-0.2, -0.15) is 0 Å². The Morgan fingerprint density at radius 1 is 1.42 bits per heavy atom. The molecule has 0 saturated heterocycles. The van der Waals surface area contributed by atoms with Crippen molar-refractivity contribution in [3.8, 4) is 0 Å².